The average molecular weight is 435 g/mol. The summed E-state index contributed by atoms with van der Waals surface area (Å²) in [7, 11) is 1.34. The fraction of sp³-hybridized carbons (Fsp3) is 0.923. The van der Waals surface area contributed by atoms with E-state index in [1.54, 1.807) is 0 Å². The van der Waals surface area contributed by atoms with Gasteiger partial charge < -0.3 is 9.79 Å². The molecule has 0 aromatic rings. The number of fused-ring (bicyclic) bond motifs is 5. The molecule has 2 N–H and O–H groups in total. The molecule has 4 aliphatic rings. The Labute approximate surface area is 187 Å². The van der Waals surface area contributed by atoms with Gasteiger partial charge in [0, 0.05) is 18.6 Å². The highest BCUT2D eigenvalue weighted by atomic mass is 31.2. The van der Waals surface area contributed by atoms with Crippen LogP contribution in [0.25, 0.3) is 0 Å². The van der Waals surface area contributed by atoms with Crippen LogP contribution in [-0.4, -0.2) is 42.1 Å². The molecule has 4 heteroatoms. The maximum atomic E-state index is 10.4. The number of hydrogen-bond acceptors (Lipinski definition) is 3. The van der Waals surface area contributed by atoms with Crippen LogP contribution in [0.2, 0.25) is 0 Å². The minimum atomic E-state index is -1.04. The lowest BCUT2D eigenvalue weighted by Crippen LogP contribution is -2.60. The highest BCUT2D eigenvalue weighted by Crippen LogP contribution is 2.66. The molecule has 0 spiro atoms. The van der Waals surface area contributed by atoms with E-state index in [1.807, 2.05) is 6.66 Å². The largest absolute Gasteiger partial charge is 0.359 e. The monoisotopic (exact) mass is 434 g/mol. The summed E-state index contributed by atoms with van der Waals surface area (Å²) >= 11 is 0. The molecule has 0 radical (unpaired) electrons. The van der Waals surface area contributed by atoms with Crippen molar-refractivity contribution in [2.75, 3.05) is 20.3 Å². The smallest absolute Gasteiger partial charge is 0.0947 e. The van der Waals surface area contributed by atoms with Gasteiger partial charge in [0.05, 0.1) is 8.30 Å². The highest BCUT2D eigenvalue weighted by Gasteiger charge is 2.63. The van der Waals surface area contributed by atoms with Gasteiger partial charge in [-0.1, -0.05) is 32.3 Å². The van der Waals surface area contributed by atoms with Gasteiger partial charge in [-0.3, -0.25) is 5.09 Å². The van der Waals surface area contributed by atoms with E-state index < -0.39 is 8.30 Å². The van der Waals surface area contributed by atoms with Gasteiger partial charge in [-0.2, -0.15) is 0 Å². The van der Waals surface area contributed by atoms with Crippen molar-refractivity contribution in [1.82, 2.24) is 9.99 Å². The summed E-state index contributed by atoms with van der Waals surface area (Å²) < 4.78 is 0. The zero-order valence-electron chi connectivity index (χ0n) is 20.3. The number of nitrogens with zero attached hydrogens (tertiary/aromatic N) is 1. The summed E-state index contributed by atoms with van der Waals surface area (Å²) in [6.45, 7) is 14.8. The van der Waals surface area contributed by atoms with Crippen molar-refractivity contribution >= 4 is 8.30 Å². The SMILES string of the molecule is C=C(C)CCCC1N(C)CC2C3C(NP(C)O)CC4CCCCC4(C)C3CCC21C. The van der Waals surface area contributed by atoms with Crippen molar-refractivity contribution < 1.29 is 4.89 Å². The highest BCUT2D eigenvalue weighted by molar-refractivity contribution is 7.48. The Bertz CT molecular complexity index is 639. The second kappa shape index (κ2) is 8.77. The molecule has 3 nitrogen and oxygen atoms in total. The van der Waals surface area contributed by atoms with E-state index in [0.717, 1.165) is 23.7 Å². The van der Waals surface area contributed by atoms with Gasteiger partial charge in [-0.05, 0) is 107 Å². The minimum absolute atomic E-state index is 0.425. The van der Waals surface area contributed by atoms with Crippen LogP contribution in [0.15, 0.2) is 12.2 Å². The van der Waals surface area contributed by atoms with Crippen molar-refractivity contribution in [3.05, 3.63) is 12.2 Å². The van der Waals surface area contributed by atoms with Gasteiger partial charge in [-0.25, -0.2) is 0 Å². The van der Waals surface area contributed by atoms with Crippen molar-refractivity contribution in [3.8, 4) is 0 Å². The second-order valence-electron chi connectivity index (χ2n) is 12.1. The maximum absolute atomic E-state index is 10.4. The van der Waals surface area contributed by atoms with E-state index in [2.05, 4.69) is 44.4 Å². The molecule has 3 aliphatic carbocycles. The molecule has 4 rings (SSSR count). The summed E-state index contributed by atoms with van der Waals surface area (Å²) in [5.41, 5.74) is 2.29. The first kappa shape index (κ1) is 23.2. The molecule has 0 amide bonds. The van der Waals surface area contributed by atoms with E-state index in [0.29, 0.717) is 22.9 Å². The van der Waals surface area contributed by atoms with Crippen LogP contribution < -0.4 is 5.09 Å². The third kappa shape index (κ3) is 3.95. The summed E-state index contributed by atoms with van der Waals surface area (Å²) in [6, 6.07) is 1.22. The van der Waals surface area contributed by atoms with Crippen molar-refractivity contribution in [2.24, 2.45) is 34.5 Å². The minimum Gasteiger partial charge on any atom is -0.359 e. The number of allylic oxidation sites excluding steroid dienone is 1. The number of hydrogen-bond donors (Lipinski definition) is 2. The molecule has 4 fully saturated rings. The fourth-order valence-corrected chi connectivity index (χ4v) is 9.63. The van der Waals surface area contributed by atoms with Crippen LogP contribution in [0.1, 0.15) is 85.0 Å². The van der Waals surface area contributed by atoms with Crippen LogP contribution in [0.4, 0.5) is 0 Å². The van der Waals surface area contributed by atoms with Gasteiger partial charge in [0.2, 0.25) is 0 Å². The Balaban J connectivity index is 1.62. The molecule has 3 saturated carbocycles. The van der Waals surface area contributed by atoms with E-state index in [4.69, 9.17) is 0 Å². The predicted molar refractivity (Wildman–Crippen MR) is 130 cm³/mol. The van der Waals surface area contributed by atoms with Gasteiger partial charge >= 0.3 is 0 Å². The molecule has 0 aromatic carbocycles. The first-order valence-electron chi connectivity index (χ1n) is 12.7. The summed E-state index contributed by atoms with van der Waals surface area (Å²) in [6.07, 6.45) is 13.6. The third-order valence-electron chi connectivity index (χ3n) is 10.3. The first-order valence-corrected chi connectivity index (χ1v) is 14.4. The quantitative estimate of drug-likeness (QED) is 0.387. The second-order valence-corrected chi connectivity index (χ2v) is 13.4. The summed E-state index contributed by atoms with van der Waals surface area (Å²) in [5, 5.41) is 3.74. The topological polar surface area (TPSA) is 35.5 Å². The fourth-order valence-electron chi connectivity index (χ4n) is 8.88. The lowest BCUT2D eigenvalue weighted by molar-refractivity contribution is -0.115. The van der Waals surface area contributed by atoms with Gasteiger partial charge in [0.25, 0.3) is 0 Å². The van der Waals surface area contributed by atoms with E-state index in [9.17, 15) is 4.89 Å². The van der Waals surface area contributed by atoms with E-state index in [-0.39, 0.29) is 0 Å². The van der Waals surface area contributed by atoms with Crippen LogP contribution in [0.3, 0.4) is 0 Å². The molecule has 9 unspecified atom stereocenters. The van der Waals surface area contributed by atoms with E-state index in [1.165, 1.54) is 76.3 Å². The Morgan fingerprint density at radius 3 is 2.63 bits per heavy atom. The predicted octanol–water partition coefficient (Wildman–Crippen LogP) is 6.19. The van der Waals surface area contributed by atoms with Gasteiger partial charge in [-0.15, -0.1) is 6.58 Å². The Kier molecular flexibility index (Phi) is 6.79. The molecule has 0 aromatic heterocycles. The normalized spacial score (nSPS) is 47.3. The molecule has 1 heterocycles. The average Bonchev–Trinajstić information content (AvgIpc) is 2.92. The first-order chi connectivity index (χ1) is 14.2. The lowest BCUT2D eigenvalue weighted by Gasteiger charge is -2.62. The Morgan fingerprint density at radius 2 is 1.93 bits per heavy atom. The summed E-state index contributed by atoms with van der Waals surface area (Å²) in [4.78, 5) is 13.1. The zero-order valence-corrected chi connectivity index (χ0v) is 21.2. The molecule has 172 valence electrons. The Morgan fingerprint density at radius 1 is 1.17 bits per heavy atom. The van der Waals surface area contributed by atoms with Crippen LogP contribution in [0.5, 0.6) is 0 Å². The molecule has 9 atom stereocenters. The zero-order chi connectivity index (χ0) is 21.7. The molecule has 1 saturated heterocycles. The van der Waals surface area contributed by atoms with E-state index >= 15 is 0 Å². The van der Waals surface area contributed by atoms with Gasteiger partial charge in [0.15, 0.2) is 0 Å². The van der Waals surface area contributed by atoms with Gasteiger partial charge in [0.1, 0.15) is 0 Å². The molecule has 0 bridgehead atoms. The van der Waals surface area contributed by atoms with Crippen LogP contribution in [-0.2, 0) is 0 Å². The standard InChI is InChI=1S/C26H47N2OP/c1-18(2)10-9-12-23-26(4)15-13-20-24(21(26)17-28(23)5)22(27-30(6)29)16-19-11-7-8-14-25(19,20)3/h19-24,27,29H,1,7-17H2,2-6H3. The summed E-state index contributed by atoms with van der Waals surface area (Å²) in [5.74, 6) is 3.19. The number of likely N-dealkylation sites (tertiary alicyclic amines) is 1. The van der Waals surface area contributed by atoms with Crippen LogP contribution >= 0.6 is 8.30 Å². The third-order valence-corrected chi connectivity index (χ3v) is 11.0. The van der Waals surface area contributed by atoms with Crippen LogP contribution in [0, 0.1) is 34.5 Å². The Hall–Kier alpha value is 0.0500. The lowest BCUT2D eigenvalue weighted by atomic mass is 9.44. The van der Waals surface area contributed by atoms with Crippen molar-refractivity contribution in [2.45, 2.75) is 97.1 Å². The van der Waals surface area contributed by atoms with Crippen molar-refractivity contribution in [1.29, 1.82) is 0 Å². The maximum Gasteiger partial charge on any atom is 0.0947 e. The number of rotatable bonds is 6. The molecular formula is C26H47N2OP. The molecule has 1 aliphatic heterocycles. The number of nitrogens with one attached hydrogen (secondary N) is 1. The molecular weight excluding hydrogens is 387 g/mol. The van der Waals surface area contributed by atoms with Crippen molar-refractivity contribution in [3.63, 3.8) is 0 Å². The molecule has 30 heavy (non-hydrogen) atoms.